The van der Waals surface area contributed by atoms with Gasteiger partial charge in [-0.05, 0) is 36.0 Å². The second-order valence-electron chi connectivity index (χ2n) is 6.67. The molecular weight excluding hydrogens is 270 g/mol. The number of carbonyl (C=O) groups excluding carboxylic acids is 1. The van der Waals surface area contributed by atoms with Crippen molar-refractivity contribution < 1.29 is 4.79 Å². The van der Waals surface area contributed by atoms with Crippen LogP contribution in [0.4, 0.5) is 0 Å². The summed E-state index contributed by atoms with van der Waals surface area (Å²) < 4.78 is 0. The van der Waals surface area contributed by atoms with Crippen molar-refractivity contribution in [3.8, 4) is 0 Å². The van der Waals surface area contributed by atoms with Gasteiger partial charge in [0.2, 0.25) is 5.91 Å². The Labute approximate surface area is 131 Å². The summed E-state index contributed by atoms with van der Waals surface area (Å²) in [5, 5.41) is 0. The fourth-order valence-corrected chi connectivity index (χ4v) is 4.17. The summed E-state index contributed by atoms with van der Waals surface area (Å²) in [6.07, 6.45) is 4.03. The summed E-state index contributed by atoms with van der Waals surface area (Å²) in [7, 11) is 0. The van der Waals surface area contributed by atoms with E-state index in [2.05, 4.69) is 41.3 Å². The average Bonchev–Trinajstić information content (AvgIpc) is 2.91. The SMILES string of the molecule is O=C1CCC2(CCc3ccccc32)CN1Cc1ccccc1. The molecule has 2 nitrogen and oxygen atoms in total. The molecule has 112 valence electrons. The maximum Gasteiger partial charge on any atom is 0.222 e. The van der Waals surface area contributed by atoms with Gasteiger partial charge in [0.25, 0.3) is 0 Å². The van der Waals surface area contributed by atoms with Gasteiger partial charge in [0.15, 0.2) is 0 Å². The van der Waals surface area contributed by atoms with Gasteiger partial charge in [-0.2, -0.15) is 0 Å². The maximum atomic E-state index is 12.4. The monoisotopic (exact) mass is 291 g/mol. The van der Waals surface area contributed by atoms with Crippen molar-refractivity contribution in [1.29, 1.82) is 0 Å². The van der Waals surface area contributed by atoms with Crippen LogP contribution in [0.1, 0.15) is 36.0 Å². The Hall–Kier alpha value is -2.09. The Kier molecular flexibility index (Phi) is 3.25. The highest BCUT2D eigenvalue weighted by Gasteiger charge is 2.43. The largest absolute Gasteiger partial charge is 0.337 e. The van der Waals surface area contributed by atoms with E-state index >= 15 is 0 Å². The summed E-state index contributed by atoms with van der Waals surface area (Å²) in [5.74, 6) is 0.304. The third-order valence-electron chi connectivity index (χ3n) is 5.34. The van der Waals surface area contributed by atoms with E-state index in [1.165, 1.54) is 23.1 Å². The number of amides is 1. The molecule has 1 amide bonds. The molecule has 0 bridgehead atoms. The van der Waals surface area contributed by atoms with Crippen LogP contribution < -0.4 is 0 Å². The van der Waals surface area contributed by atoms with Gasteiger partial charge >= 0.3 is 0 Å². The quantitative estimate of drug-likeness (QED) is 0.826. The van der Waals surface area contributed by atoms with E-state index in [4.69, 9.17) is 0 Å². The predicted molar refractivity (Wildman–Crippen MR) is 87.5 cm³/mol. The lowest BCUT2D eigenvalue weighted by Gasteiger charge is -2.41. The highest BCUT2D eigenvalue weighted by molar-refractivity contribution is 5.78. The molecule has 4 rings (SSSR count). The zero-order valence-electron chi connectivity index (χ0n) is 12.8. The third kappa shape index (κ3) is 2.23. The smallest absolute Gasteiger partial charge is 0.222 e. The first-order valence-electron chi connectivity index (χ1n) is 8.17. The molecule has 0 radical (unpaired) electrons. The van der Waals surface area contributed by atoms with Gasteiger partial charge in [-0.3, -0.25) is 4.79 Å². The van der Waals surface area contributed by atoms with E-state index in [0.717, 1.165) is 25.9 Å². The van der Waals surface area contributed by atoms with Crippen molar-refractivity contribution in [3.05, 3.63) is 71.3 Å². The first kappa shape index (κ1) is 13.6. The number of nitrogens with zero attached hydrogens (tertiary/aromatic N) is 1. The first-order chi connectivity index (χ1) is 10.8. The zero-order chi connectivity index (χ0) is 15.0. The van der Waals surface area contributed by atoms with Crippen molar-refractivity contribution in [2.45, 2.75) is 37.6 Å². The molecule has 2 aromatic carbocycles. The van der Waals surface area contributed by atoms with Gasteiger partial charge in [0.05, 0.1) is 0 Å². The second kappa shape index (κ2) is 5.28. The molecular formula is C20H21NO. The normalized spacial score (nSPS) is 23.8. The van der Waals surface area contributed by atoms with Crippen LogP contribution in [0.3, 0.4) is 0 Å². The van der Waals surface area contributed by atoms with Crippen molar-refractivity contribution in [3.63, 3.8) is 0 Å². The molecule has 1 aliphatic carbocycles. The van der Waals surface area contributed by atoms with Crippen LogP contribution in [0.15, 0.2) is 54.6 Å². The molecule has 1 heterocycles. The maximum absolute atomic E-state index is 12.4. The van der Waals surface area contributed by atoms with Crippen LogP contribution >= 0.6 is 0 Å². The number of rotatable bonds is 2. The Morgan fingerprint density at radius 3 is 2.50 bits per heavy atom. The lowest BCUT2D eigenvalue weighted by atomic mass is 9.75. The third-order valence-corrected chi connectivity index (χ3v) is 5.34. The Bertz CT molecular complexity index is 694. The number of hydrogen-bond donors (Lipinski definition) is 0. The summed E-state index contributed by atoms with van der Waals surface area (Å²) >= 11 is 0. The fourth-order valence-electron chi connectivity index (χ4n) is 4.17. The number of benzene rings is 2. The Balaban J connectivity index is 1.61. The van der Waals surface area contributed by atoms with Crippen molar-refractivity contribution >= 4 is 5.91 Å². The zero-order valence-corrected chi connectivity index (χ0v) is 12.8. The molecule has 1 atom stereocenters. The molecule has 2 aliphatic rings. The number of aryl methyl sites for hydroxylation is 1. The molecule has 2 aromatic rings. The van der Waals surface area contributed by atoms with Crippen LogP contribution in [0, 0.1) is 0 Å². The van der Waals surface area contributed by atoms with Gasteiger partial charge in [-0.25, -0.2) is 0 Å². The minimum absolute atomic E-state index is 0.194. The van der Waals surface area contributed by atoms with Gasteiger partial charge in [-0.1, -0.05) is 54.6 Å². The molecule has 1 saturated heterocycles. The molecule has 1 unspecified atom stereocenters. The summed E-state index contributed by atoms with van der Waals surface area (Å²) in [6.45, 7) is 1.61. The standard InChI is InChI=1S/C20H21NO/c22-19-11-13-20(12-10-17-8-4-5-9-18(17)20)15-21(19)14-16-6-2-1-3-7-16/h1-9H,10-15H2. The van der Waals surface area contributed by atoms with E-state index < -0.39 is 0 Å². The Morgan fingerprint density at radius 2 is 1.64 bits per heavy atom. The van der Waals surface area contributed by atoms with Crippen LogP contribution in [0.5, 0.6) is 0 Å². The van der Waals surface area contributed by atoms with E-state index in [1.807, 2.05) is 18.2 Å². The van der Waals surface area contributed by atoms with Crippen LogP contribution in [-0.2, 0) is 23.2 Å². The summed E-state index contributed by atoms with van der Waals surface area (Å²) in [6, 6.07) is 19.1. The lowest BCUT2D eigenvalue weighted by Crippen LogP contribution is -2.47. The molecule has 2 heteroatoms. The molecule has 1 spiro atoms. The lowest BCUT2D eigenvalue weighted by molar-refractivity contribution is -0.136. The molecule has 1 aliphatic heterocycles. The molecule has 22 heavy (non-hydrogen) atoms. The second-order valence-corrected chi connectivity index (χ2v) is 6.67. The minimum atomic E-state index is 0.194. The summed E-state index contributed by atoms with van der Waals surface area (Å²) in [4.78, 5) is 14.4. The van der Waals surface area contributed by atoms with Gasteiger partial charge in [0.1, 0.15) is 0 Å². The highest BCUT2D eigenvalue weighted by atomic mass is 16.2. The topological polar surface area (TPSA) is 20.3 Å². The van der Waals surface area contributed by atoms with E-state index in [-0.39, 0.29) is 5.41 Å². The molecule has 1 fully saturated rings. The van der Waals surface area contributed by atoms with E-state index in [1.54, 1.807) is 0 Å². The number of piperidine rings is 1. The van der Waals surface area contributed by atoms with Crippen molar-refractivity contribution in [2.75, 3.05) is 6.54 Å². The summed E-state index contributed by atoms with van der Waals surface area (Å²) in [5.41, 5.74) is 4.38. The fraction of sp³-hybridized carbons (Fsp3) is 0.350. The van der Waals surface area contributed by atoms with Crippen molar-refractivity contribution in [2.24, 2.45) is 0 Å². The number of fused-ring (bicyclic) bond motifs is 2. The van der Waals surface area contributed by atoms with Gasteiger partial charge in [-0.15, -0.1) is 0 Å². The average molecular weight is 291 g/mol. The van der Waals surface area contributed by atoms with Crippen molar-refractivity contribution in [1.82, 2.24) is 4.90 Å². The van der Waals surface area contributed by atoms with Gasteiger partial charge < -0.3 is 4.90 Å². The number of likely N-dealkylation sites (tertiary alicyclic amines) is 1. The van der Waals surface area contributed by atoms with E-state index in [0.29, 0.717) is 12.3 Å². The number of carbonyl (C=O) groups is 1. The molecule has 0 N–H and O–H groups in total. The predicted octanol–water partition coefficient (Wildman–Crippen LogP) is 3.69. The van der Waals surface area contributed by atoms with Crippen LogP contribution in [-0.4, -0.2) is 17.4 Å². The highest BCUT2D eigenvalue weighted by Crippen LogP contribution is 2.45. The van der Waals surface area contributed by atoms with Crippen LogP contribution in [0.2, 0.25) is 0 Å². The minimum Gasteiger partial charge on any atom is -0.337 e. The molecule has 0 saturated carbocycles. The van der Waals surface area contributed by atoms with Crippen LogP contribution in [0.25, 0.3) is 0 Å². The van der Waals surface area contributed by atoms with Gasteiger partial charge in [0, 0.05) is 24.9 Å². The van der Waals surface area contributed by atoms with E-state index in [9.17, 15) is 4.79 Å². The molecule has 0 aromatic heterocycles. The Morgan fingerprint density at radius 1 is 0.909 bits per heavy atom. The first-order valence-corrected chi connectivity index (χ1v) is 8.17. The number of hydrogen-bond acceptors (Lipinski definition) is 1.